The molecule has 0 unspecified atom stereocenters. The van der Waals surface area contributed by atoms with Crippen LogP contribution in [-0.4, -0.2) is 93.0 Å². The second kappa shape index (κ2) is 11.0. The maximum absolute atomic E-state index is 12.1. The summed E-state index contributed by atoms with van der Waals surface area (Å²) in [5, 5.41) is 6.86. The van der Waals surface area contributed by atoms with Gasteiger partial charge in [-0.25, -0.2) is 4.79 Å². The summed E-state index contributed by atoms with van der Waals surface area (Å²) in [7, 11) is 3.54. The second-order valence-corrected chi connectivity index (χ2v) is 9.14. The molecule has 1 aliphatic carbocycles. The standard InChI is InChI=1S/C21H41N5O3/c1-20(2,3)29-19(27)25(5)12-11-23-18(22-4)24-17-21(9-7-6-8-10-21)26-13-15-28-16-14-26/h6-17H2,1-5H3,(H2,22,23,24). The molecule has 168 valence electrons. The average Bonchev–Trinajstić information content (AvgIpc) is 2.70. The van der Waals surface area contributed by atoms with Gasteiger partial charge in [0.15, 0.2) is 5.96 Å². The van der Waals surface area contributed by atoms with E-state index in [0.717, 1.165) is 38.8 Å². The molecule has 0 atom stereocenters. The van der Waals surface area contributed by atoms with Crippen molar-refractivity contribution >= 4 is 12.1 Å². The van der Waals surface area contributed by atoms with E-state index < -0.39 is 5.60 Å². The van der Waals surface area contributed by atoms with E-state index in [-0.39, 0.29) is 11.6 Å². The minimum absolute atomic E-state index is 0.187. The van der Waals surface area contributed by atoms with Crippen LogP contribution >= 0.6 is 0 Å². The number of nitrogens with one attached hydrogen (secondary N) is 2. The molecule has 8 heteroatoms. The van der Waals surface area contributed by atoms with Gasteiger partial charge in [0.2, 0.25) is 0 Å². The third-order valence-electron chi connectivity index (χ3n) is 5.72. The van der Waals surface area contributed by atoms with E-state index in [1.165, 1.54) is 32.1 Å². The molecule has 0 radical (unpaired) electrons. The largest absolute Gasteiger partial charge is 0.444 e. The van der Waals surface area contributed by atoms with Crippen LogP contribution in [0.5, 0.6) is 0 Å². The van der Waals surface area contributed by atoms with E-state index in [9.17, 15) is 4.79 Å². The predicted molar refractivity (Wildman–Crippen MR) is 116 cm³/mol. The van der Waals surface area contributed by atoms with E-state index >= 15 is 0 Å². The summed E-state index contributed by atoms with van der Waals surface area (Å²) in [5.41, 5.74) is -0.295. The molecule has 29 heavy (non-hydrogen) atoms. The van der Waals surface area contributed by atoms with Gasteiger partial charge < -0.3 is 25.0 Å². The summed E-state index contributed by atoms with van der Waals surface area (Å²) in [5.74, 6) is 0.779. The number of aliphatic imine (C=N–C) groups is 1. The zero-order valence-corrected chi connectivity index (χ0v) is 19.1. The molecule has 2 fully saturated rings. The normalized spacial score (nSPS) is 20.8. The van der Waals surface area contributed by atoms with Gasteiger partial charge in [0.1, 0.15) is 5.60 Å². The third kappa shape index (κ3) is 7.66. The van der Waals surface area contributed by atoms with Crippen LogP contribution < -0.4 is 10.6 Å². The number of guanidine groups is 1. The highest BCUT2D eigenvalue weighted by molar-refractivity contribution is 5.79. The smallest absolute Gasteiger partial charge is 0.410 e. The van der Waals surface area contributed by atoms with Gasteiger partial charge in [0, 0.05) is 52.4 Å². The second-order valence-electron chi connectivity index (χ2n) is 9.14. The molecule has 0 bridgehead atoms. The Morgan fingerprint density at radius 2 is 1.83 bits per heavy atom. The molecule has 0 aromatic heterocycles. The summed E-state index contributed by atoms with van der Waals surface area (Å²) < 4.78 is 11.0. The van der Waals surface area contributed by atoms with Crippen LogP contribution in [0.2, 0.25) is 0 Å². The highest BCUT2D eigenvalue weighted by atomic mass is 16.6. The maximum atomic E-state index is 12.1. The number of nitrogens with zero attached hydrogens (tertiary/aromatic N) is 3. The van der Waals surface area contributed by atoms with Crippen molar-refractivity contribution in [2.24, 2.45) is 4.99 Å². The van der Waals surface area contributed by atoms with Crippen LogP contribution in [0, 0.1) is 0 Å². The number of morpholine rings is 1. The number of likely N-dealkylation sites (N-methyl/N-ethyl adjacent to an activating group) is 1. The highest BCUT2D eigenvalue weighted by Gasteiger charge is 2.38. The number of carbonyl (C=O) groups excluding carboxylic acids is 1. The minimum atomic E-state index is -0.482. The third-order valence-corrected chi connectivity index (χ3v) is 5.72. The first-order chi connectivity index (χ1) is 13.8. The number of ether oxygens (including phenoxy) is 2. The molecular weight excluding hydrogens is 370 g/mol. The lowest BCUT2D eigenvalue weighted by atomic mass is 9.80. The summed E-state index contributed by atoms with van der Waals surface area (Å²) in [4.78, 5) is 20.6. The van der Waals surface area contributed by atoms with Crippen LogP contribution in [-0.2, 0) is 9.47 Å². The number of hydrogen-bond acceptors (Lipinski definition) is 5. The van der Waals surface area contributed by atoms with E-state index in [1.807, 2.05) is 20.8 Å². The minimum Gasteiger partial charge on any atom is -0.444 e. The quantitative estimate of drug-likeness (QED) is 0.515. The van der Waals surface area contributed by atoms with Gasteiger partial charge in [-0.2, -0.15) is 0 Å². The zero-order valence-electron chi connectivity index (χ0n) is 19.1. The Balaban J connectivity index is 1.81. The molecule has 2 N–H and O–H groups in total. The Bertz CT molecular complexity index is 535. The lowest BCUT2D eigenvalue weighted by Gasteiger charge is -2.48. The molecule has 1 saturated heterocycles. The number of carbonyl (C=O) groups is 1. The molecule has 8 nitrogen and oxygen atoms in total. The lowest BCUT2D eigenvalue weighted by Crippen LogP contribution is -2.60. The number of hydrogen-bond donors (Lipinski definition) is 2. The Kier molecular flexibility index (Phi) is 9.02. The summed E-state index contributed by atoms with van der Waals surface area (Å²) in [6.45, 7) is 11.3. The summed E-state index contributed by atoms with van der Waals surface area (Å²) in [6.07, 6.45) is 6.03. The zero-order chi connectivity index (χ0) is 21.3. The molecule has 2 aliphatic rings. The van der Waals surface area contributed by atoms with Crippen molar-refractivity contribution in [2.45, 2.75) is 64.0 Å². The first-order valence-electron chi connectivity index (χ1n) is 11.0. The molecule has 0 spiro atoms. The van der Waals surface area contributed by atoms with Crippen molar-refractivity contribution in [3.05, 3.63) is 0 Å². The van der Waals surface area contributed by atoms with E-state index in [0.29, 0.717) is 13.1 Å². The Morgan fingerprint density at radius 1 is 1.17 bits per heavy atom. The van der Waals surface area contributed by atoms with Crippen molar-refractivity contribution in [1.82, 2.24) is 20.4 Å². The SMILES string of the molecule is CN=C(NCCN(C)C(=O)OC(C)(C)C)NCC1(N2CCOCC2)CCCCC1. The van der Waals surface area contributed by atoms with Crippen LogP contribution in [0.15, 0.2) is 4.99 Å². The Hall–Kier alpha value is -1.54. The summed E-state index contributed by atoms with van der Waals surface area (Å²) in [6, 6.07) is 0. The molecule has 1 saturated carbocycles. The van der Waals surface area contributed by atoms with Gasteiger partial charge >= 0.3 is 6.09 Å². The van der Waals surface area contributed by atoms with Crippen molar-refractivity contribution in [2.75, 3.05) is 60.0 Å². The van der Waals surface area contributed by atoms with Crippen LogP contribution in [0.1, 0.15) is 52.9 Å². The van der Waals surface area contributed by atoms with Crippen molar-refractivity contribution in [1.29, 1.82) is 0 Å². The van der Waals surface area contributed by atoms with Gasteiger partial charge in [-0.05, 0) is 33.6 Å². The van der Waals surface area contributed by atoms with Crippen LogP contribution in [0.4, 0.5) is 4.79 Å². The van der Waals surface area contributed by atoms with E-state index in [2.05, 4.69) is 20.5 Å². The fourth-order valence-corrected chi connectivity index (χ4v) is 4.09. The van der Waals surface area contributed by atoms with Gasteiger partial charge in [0.05, 0.1) is 13.2 Å². The van der Waals surface area contributed by atoms with Crippen LogP contribution in [0.3, 0.4) is 0 Å². The Morgan fingerprint density at radius 3 is 2.41 bits per heavy atom. The maximum Gasteiger partial charge on any atom is 0.410 e. The molecule has 2 rings (SSSR count). The van der Waals surface area contributed by atoms with Gasteiger partial charge in [-0.3, -0.25) is 9.89 Å². The first kappa shape index (κ1) is 23.7. The van der Waals surface area contributed by atoms with Crippen molar-refractivity contribution < 1.29 is 14.3 Å². The average molecular weight is 412 g/mol. The fraction of sp³-hybridized carbons (Fsp3) is 0.905. The van der Waals surface area contributed by atoms with Gasteiger partial charge in [0.25, 0.3) is 0 Å². The highest BCUT2D eigenvalue weighted by Crippen LogP contribution is 2.33. The van der Waals surface area contributed by atoms with Crippen molar-refractivity contribution in [3.63, 3.8) is 0 Å². The number of amides is 1. The molecule has 1 aliphatic heterocycles. The van der Waals surface area contributed by atoms with Crippen molar-refractivity contribution in [3.8, 4) is 0 Å². The first-order valence-corrected chi connectivity index (χ1v) is 11.0. The molecule has 1 amide bonds. The van der Waals surface area contributed by atoms with Gasteiger partial charge in [-0.15, -0.1) is 0 Å². The molecule has 1 heterocycles. The lowest BCUT2D eigenvalue weighted by molar-refractivity contribution is -0.0352. The molecule has 0 aromatic rings. The summed E-state index contributed by atoms with van der Waals surface area (Å²) >= 11 is 0. The van der Waals surface area contributed by atoms with E-state index in [1.54, 1.807) is 19.0 Å². The monoisotopic (exact) mass is 411 g/mol. The predicted octanol–water partition coefficient (Wildman–Crippen LogP) is 2.05. The van der Waals surface area contributed by atoms with Crippen LogP contribution in [0.25, 0.3) is 0 Å². The number of rotatable bonds is 6. The topological polar surface area (TPSA) is 78.4 Å². The molecular formula is C21H41N5O3. The van der Waals surface area contributed by atoms with Gasteiger partial charge in [-0.1, -0.05) is 19.3 Å². The van der Waals surface area contributed by atoms with E-state index in [4.69, 9.17) is 9.47 Å². The Labute approximate surface area is 176 Å². The fourth-order valence-electron chi connectivity index (χ4n) is 4.09. The molecule has 0 aromatic carbocycles.